The van der Waals surface area contributed by atoms with Crippen LogP contribution in [0.25, 0.3) is 0 Å². The van der Waals surface area contributed by atoms with Crippen molar-refractivity contribution in [3.63, 3.8) is 0 Å². The molecule has 0 bridgehead atoms. The number of carbonyl (C=O) groups is 1. The Kier molecular flexibility index (Phi) is 6.21. The SMILES string of the molecule is COc1ccc(C(=O)Oc2ccc(Br)cc2)cc1S(=O)(=O)NC(C)C. The number of sulfonamides is 1. The van der Waals surface area contributed by atoms with E-state index in [1.54, 1.807) is 38.1 Å². The molecule has 0 saturated carbocycles. The molecule has 2 aromatic rings. The number of hydrogen-bond acceptors (Lipinski definition) is 5. The predicted octanol–water partition coefficient (Wildman–Crippen LogP) is 3.36. The number of rotatable bonds is 6. The van der Waals surface area contributed by atoms with Crippen LogP contribution in [0.3, 0.4) is 0 Å². The van der Waals surface area contributed by atoms with Crippen molar-refractivity contribution in [2.45, 2.75) is 24.8 Å². The Bertz CT molecular complexity index is 863. The minimum absolute atomic E-state index is 0.104. The zero-order valence-corrected chi connectivity index (χ0v) is 16.3. The lowest BCUT2D eigenvalue weighted by atomic mass is 10.2. The van der Waals surface area contributed by atoms with Gasteiger partial charge in [-0.2, -0.15) is 0 Å². The first kappa shape index (κ1) is 19.4. The fourth-order valence-corrected chi connectivity index (χ4v) is 3.77. The molecule has 0 amide bonds. The van der Waals surface area contributed by atoms with Crippen molar-refractivity contribution < 1.29 is 22.7 Å². The van der Waals surface area contributed by atoms with Crippen LogP contribution in [0.2, 0.25) is 0 Å². The van der Waals surface area contributed by atoms with Crippen LogP contribution in [0, 0.1) is 0 Å². The van der Waals surface area contributed by atoms with Gasteiger partial charge in [0.1, 0.15) is 16.4 Å². The molecule has 0 radical (unpaired) electrons. The molecule has 1 N–H and O–H groups in total. The van der Waals surface area contributed by atoms with Gasteiger partial charge in [0.15, 0.2) is 0 Å². The van der Waals surface area contributed by atoms with Crippen molar-refractivity contribution in [1.82, 2.24) is 4.72 Å². The van der Waals surface area contributed by atoms with Crippen molar-refractivity contribution in [2.24, 2.45) is 0 Å². The number of carbonyl (C=O) groups excluding carboxylic acids is 1. The van der Waals surface area contributed by atoms with Crippen LogP contribution in [0.5, 0.6) is 11.5 Å². The molecule has 0 aromatic heterocycles. The average Bonchev–Trinajstić information content (AvgIpc) is 2.55. The summed E-state index contributed by atoms with van der Waals surface area (Å²) in [7, 11) is -2.46. The molecular formula is C17H18BrNO5S. The van der Waals surface area contributed by atoms with Crippen LogP contribution < -0.4 is 14.2 Å². The molecule has 0 spiro atoms. The highest BCUT2D eigenvalue weighted by Gasteiger charge is 2.23. The van der Waals surface area contributed by atoms with E-state index in [2.05, 4.69) is 20.7 Å². The van der Waals surface area contributed by atoms with E-state index in [-0.39, 0.29) is 22.3 Å². The minimum Gasteiger partial charge on any atom is -0.495 e. The van der Waals surface area contributed by atoms with Crippen molar-refractivity contribution in [2.75, 3.05) is 7.11 Å². The highest BCUT2D eigenvalue weighted by Crippen LogP contribution is 2.26. The molecule has 0 atom stereocenters. The minimum atomic E-state index is -3.83. The summed E-state index contributed by atoms with van der Waals surface area (Å²) >= 11 is 3.30. The molecule has 134 valence electrons. The second-order valence-electron chi connectivity index (χ2n) is 5.49. The Morgan fingerprint density at radius 2 is 1.76 bits per heavy atom. The number of esters is 1. The number of halogens is 1. The first-order valence-electron chi connectivity index (χ1n) is 7.41. The molecule has 0 saturated heterocycles. The highest BCUT2D eigenvalue weighted by atomic mass is 79.9. The van der Waals surface area contributed by atoms with Crippen molar-refractivity contribution in [1.29, 1.82) is 0 Å². The zero-order valence-electron chi connectivity index (χ0n) is 13.9. The molecule has 25 heavy (non-hydrogen) atoms. The van der Waals surface area contributed by atoms with E-state index in [1.807, 2.05) is 0 Å². The van der Waals surface area contributed by atoms with E-state index in [0.717, 1.165) is 4.47 Å². The molecular weight excluding hydrogens is 410 g/mol. The molecule has 2 aromatic carbocycles. The molecule has 0 aliphatic rings. The largest absolute Gasteiger partial charge is 0.495 e. The first-order valence-corrected chi connectivity index (χ1v) is 9.68. The summed E-state index contributed by atoms with van der Waals surface area (Å²) in [6, 6.07) is 10.5. The Labute approximate surface area is 155 Å². The van der Waals surface area contributed by atoms with Crippen molar-refractivity contribution in [3.8, 4) is 11.5 Å². The van der Waals surface area contributed by atoms with E-state index < -0.39 is 16.0 Å². The van der Waals surface area contributed by atoms with Crippen molar-refractivity contribution in [3.05, 3.63) is 52.5 Å². The number of benzene rings is 2. The van der Waals surface area contributed by atoms with Gasteiger partial charge in [-0.3, -0.25) is 0 Å². The van der Waals surface area contributed by atoms with Crippen LogP contribution in [-0.4, -0.2) is 27.5 Å². The second-order valence-corrected chi connectivity index (χ2v) is 8.08. The topological polar surface area (TPSA) is 81.7 Å². The summed E-state index contributed by atoms with van der Waals surface area (Å²) in [5.74, 6) is -0.159. The van der Waals surface area contributed by atoms with Gasteiger partial charge in [-0.25, -0.2) is 17.9 Å². The highest BCUT2D eigenvalue weighted by molar-refractivity contribution is 9.10. The van der Waals surface area contributed by atoms with Crippen LogP contribution >= 0.6 is 15.9 Å². The average molecular weight is 428 g/mol. The third kappa shape index (κ3) is 5.04. The van der Waals surface area contributed by atoms with E-state index in [1.165, 1.54) is 25.3 Å². The van der Waals surface area contributed by atoms with Crippen LogP contribution in [0.4, 0.5) is 0 Å². The molecule has 0 heterocycles. The van der Waals surface area contributed by atoms with Crippen LogP contribution in [0.1, 0.15) is 24.2 Å². The summed E-state index contributed by atoms with van der Waals surface area (Å²) in [6.45, 7) is 3.41. The number of nitrogens with one attached hydrogen (secondary N) is 1. The fraction of sp³-hybridized carbons (Fsp3) is 0.235. The van der Waals surface area contributed by atoms with E-state index >= 15 is 0 Å². The molecule has 6 nitrogen and oxygen atoms in total. The zero-order chi connectivity index (χ0) is 18.6. The van der Waals surface area contributed by atoms with Gasteiger partial charge in [-0.1, -0.05) is 15.9 Å². The Morgan fingerprint density at radius 3 is 2.32 bits per heavy atom. The maximum Gasteiger partial charge on any atom is 0.343 e. The third-order valence-electron chi connectivity index (χ3n) is 3.10. The van der Waals surface area contributed by atoms with Crippen LogP contribution in [-0.2, 0) is 10.0 Å². The molecule has 0 aliphatic heterocycles. The smallest absolute Gasteiger partial charge is 0.343 e. The number of methoxy groups -OCH3 is 1. The molecule has 8 heteroatoms. The van der Waals surface area contributed by atoms with Gasteiger partial charge in [0.2, 0.25) is 10.0 Å². The molecule has 0 fully saturated rings. The van der Waals surface area contributed by atoms with Crippen LogP contribution in [0.15, 0.2) is 51.8 Å². The second kappa shape index (κ2) is 7.99. The maximum atomic E-state index is 12.4. The summed E-state index contributed by atoms with van der Waals surface area (Å²) < 4.78 is 38.6. The van der Waals surface area contributed by atoms with Gasteiger partial charge in [0.05, 0.1) is 12.7 Å². The third-order valence-corrected chi connectivity index (χ3v) is 5.31. The Hall–Kier alpha value is -1.90. The van der Waals surface area contributed by atoms with E-state index in [4.69, 9.17) is 9.47 Å². The Balaban J connectivity index is 2.34. The summed E-state index contributed by atoms with van der Waals surface area (Å²) in [5, 5.41) is 0. The van der Waals surface area contributed by atoms with Gasteiger partial charge in [0, 0.05) is 10.5 Å². The lowest BCUT2D eigenvalue weighted by Gasteiger charge is -2.14. The summed E-state index contributed by atoms with van der Waals surface area (Å²) in [6.07, 6.45) is 0. The summed E-state index contributed by atoms with van der Waals surface area (Å²) in [5.41, 5.74) is 0.104. The standard InChI is InChI=1S/C17H18BrNO5S/c1-11(2)19-25(21,22)16-10-12(4-9-15(16)23-3)17(20)24-14-7-5-13(18)6-8-14/h4-11,19H,1-3H3. The van der Waals surface area contributed by atoms with Gasteiger partial charge in [0.25, 0.3) is 0 Å². The van der Waals surface area contributed by atoms with Crippen molar-refractivity contribution >= 4 is 31.9 Å². The normalized spacial score (nSPS) is 11.4. The monoisotopic (exact) mass is 427 g/mol. The van der Waals surface area contributed by atoms with Gasteiger partial charge < -0.3 is 9.47 Å². The first-order chi connectivity index (χ1) is 11.7. The lowest BCUT2D eigenvalue weighted by molar-refractivity contribution is 0.0734. The Morgan fingerprint density at radius 1 is 1.12 bits per heavy atom. The number of hydrogen-bond donors (Lipinski definition) is 1. The van der Waals surface area contributed by atoms with E-state index in [9.17, 15) is 13.2 Å². The predicted molar refractivity (Wildman–Crippen MR) is 97.6 cm³/mol. The fourth-order valence-electron chi connectivity index (χ4n) is 2.06. The van der Waals surface area contributed by atoms with Gasteiger partial charge in [-0.05, 0) is 56.3 Å². The maximum absolute atomic E-state index is 12.4. The number of ether oxygens (including phenoxy) is 2. The summed E-state index contributed by atoms with van der Waals surface area (Å²) in [4.78, 5) is 12.2. The lowest BCUT2D eigenvalue weighted by Crippen LogP contribution is -2.30. The molecule has 0 aliphatic carbocycles. The quantitative estimate of drug-likeness (QED) is 0.564. The molecule has 2 rings (SSSR count). The van der Waals surface area contributed by atoms with Gasteiger partial charge >= 0.3 is 5.97 Å². The van der Waals surface area contributed by atoms with E-state index in [0.29, 0.717) is 5.75 Å². The van der Waals surface area contributed by atoms with Gasteiger partial charge in [-0.15, -0.1) is 0 Å². The molecule has 0 unspecified atom stereocenters.